The molecule has 102 valence electrons. The molecule has 0 fully saturated rings. The van der Waals surface area contributed by atoms with Gasteiger partial charge in [0.25, 0.3) is 0 Å². The smallest absolute Gasteiger partial charge is 0.151 e. The molecule has 3 heteroatoms. The first-order valence-corrected chi connectivity index (χ1v) is 6.63. The monoisotopic (exact) mass is 265 g/mol. The van der Waals surface area contributed by atoms with E-state index in [1.807, 2.05) is 31.9 Å². The molecule has 1 heterocycles. The second-order valence-electron chi connectivity index (χ2n) is 5.24. The number of nitrogens with zero attached hydrogens (tertiary/aromatic N) is 3. The molecule has 0 unspecified atom stereocenters. The summed E-state index contributed by atoms with van der Waals surface area (Å²) in [6.45, 7) is 8.06. The maximum atomic E-state index is 9.38. The molecule has 0 atom stereocenters. The van der Waals surface area contributed by atoms with Gasteiger partial charge in [0.15, 0.2) is 5.82 Å². The molecule has 0 amide bonds. The van der Waals surface area contributed by atoms with Gasteiger partial charge in [-0.1, -0.05) is 17.7 Å². The maximum absolute atomic E-state index is 9.38. The van der Waals surface area contributed by atoms with Crippen molar-refractivity contribution in [3.63, 3.8) is 0 Å². The summed E-state index contributed by atoms with van der Waals surface area (Å²) >= 11 is 0. The molecule has 2 aromatic rings. The zero-order valence-electron chi connectivity index (χ0n) is 12.7. The van der Waals surface area contributed by atoms with Gasteiger partial charge in [-0.05, 0) is 51.0 Å². The average molecular weight is 265 g/mol. The third-order valence-corrected chi connectivity index (χ3v) is 3.47. The van der Waals surface area contributed by atoms with Crippen LogP contribution in [0.1, 0.15) is 27.9 Å². The number of rotatable bonds is 2. The number of hydrogen-bond acceptors (Lipinski definition) is 3. The fraction of sp³-hybridized carbons (Fsp3) is 0.294. The zero-order valence-corrected chi connectivity index (χ0v) is 12.7. The first-order valence-electron chi connectivity index (χ1n) is 6.63. The van der Waals surface area contributed by atoms with Gasteiger partial charge in [-0.3, -0.25) is 0 Å². The molecule has 0 bridgehead atoms. The lowest BCUT2D eigenvalue weighted by Crippen LogP contribution is -2.15. The largest absolute Gasteiger partial charge is 0.328 e. The van der Waals surface area contributed by atoms with Crippen LogP contribution < -0.4 is 4.90 Å². The number of aromatic nitrogens is 1. The van der Waals surface area contributed by atoms with E-state index in [1.165, 1.54) is 11.1 Å². The highest BCUT2D eigenvalue weighted by molar-refractivity contribution is 5.69. The molecule has 0 aliphatic rings. The fourth-order valence-electron chi connectivity index (χ4n) is 2.49. The number of benzene rings is 1. The molecule has 0 saturated heterocycles. The summed E-state index contributed by atoms with van der Waals surface area (Å²) < 4.78 is 0. The van der Waals surface area contributed by atoms with E-state index in [-0.39, 0.29) is 0 Å². The summed E-state index contributed by atoms with van der Waals surface area (Å²) in [6.07, 6.45) is 0. The highest BCUT2D eigenvalue weighted by Gasteiger charge is 2.15. The Kier molecular flexibility index (Phi) is 3.76. The van der Waals surface area contributed by atoms with Crippen LogP contribution in [0, 0.1) is 39.0 Å². The van der Waals surface area contributed by atoms with Crippen LogP contribution in [0.2, 0.25) is 0 Å². The lowest BCUT2D eigenvalue weighted by molar-refractivity contribution is 1.06. The van der Waals surface area contributed by atoms with Crippen LogP contribution in [0.15, 0.2) is 24.3 Å². The van der Waals surface area contributed by atoms with E-state index in [2.05, 4.69) is 43.1 Å². The molecule has 0 spiro atoms. The lowest BCUT2D eigenvalue weighted by Gasteiger charge is -2.23. The van der Waals surface area contributed by atoms with Crippen molar-refractivity contribution in [3.05, 3.63) is 52.2 Å². The van der Waals surface area contributed by atoms with Gasteiger partial charge in [0.2, 0.25) is 0 Å². The van der Waals surface area contributed by atoms with E-state index in [9.17, 15) is 5.26 Å². The second-order valence-corrected chi connectivity index (χ2v) is 5.24. The number of pyridine rings is 1. The van der Waals surface area contributed by atoms with Crippen molar-refractivity contribution in [2.75, 3.05) is 11.9 Å². The van der Waals surface area contributed by atoms with Gasteiger partial charge in [0.05, 0.1) is 5.56 Å². The van der Waals surface area contributed by atoms with Crippen LogP contribution in [0.3, 0.4) is 0 Å². The zero-order chi connectivity index (χ0) is 14.9. The molecule has 0 aliphatic heterocycles. The van der Waals surface area contributed by atoms with E-state index < -0.39 is 0 Å². The summed E-state index contributed by atoms with van der Waals surface area (Å²) in [4.78, 5) is 6.54. The SMILES string of the molecule is Cc1ccc(N(C)c2nc(C)cc(C)c2C#N)c(C)c1. The van der Waals surface area contributed by atoms with Crippen molar-refractivity contribution >= 4 is 11.5 Å². The lowest BCUT2D eigenvalue weighted by atomic mass is 10.1. The van der Waals surface area contributed by atoms with Gasteiger partial charge in [-0.25, -0.2) is 4.98 Å². The molecular weight excluding hydrogens is 246 g/mol. The van der Waals surface area contributed by atoms with Gasteiger partial charge in [0.1, 0.15) is 6.07 Å². The van der Waals surface area contributed by atoms with Crippen LogP contribution in [-0.2, 0) is 0 Å². The van der Waals surface area contributed by atoms with E-state index in [0.717, 1.165) is 22.8 Å². The average Bonchev–Trinajstić information content (AvgIpc) is 2.37. The van der Waals surface area contributed by atoms with Crippen LogP contribution in [0.4, 0.5) is 11.5 Å². The number of hydrogen-bond donors (Lipinski definition) is 0. The first kappa shape index (κ1) is 14.1. The summed E-state index contributed by atoms with van der Waals surface area (Å²) in [7, 11) is 1.96. The van der Waals surface area contributed by atoms with Gasteiger partial charge >= 0.3 is 0 Å². The Hall–Kier alpha value is -2.34. The topological polar surface area (TPSA) is 39.9 Å². The van der Waals surface area contributed by atoms with Crippen molar-refractivity contribution in [1.29, 1.82) is 5.26 Å². The third-order valence-electron chi connectivity index (χ3n) is 3.47. The Morgan fingerprint density at radius 3 is 2.35 bits per heavy atom. The van der Waals surface area contributed by atoms with Crippen molar-refractivity contribution in [1.82, 2.24) is 4.98 Å². The van der Waals surface area contributed by atoms with Crippen molar-refractivity contribution < 1.29 is 0 Å². The minimum absolute atomic E-state index is 0.637. The fourth-order valence-corrected chi connectivity index (χ4v) is 2.49. The molecule has 2 rings (SSSR count). The molecular formula is C17H19N3. The van der Waals surface area contributed by atoms with Crippen LogP contribution in [0.5, 0.6) is 0 Å². The Labute approximate surface area is 120 Å². The minimum atomic E-state index is 0.637. The van der Waals surface area contributed by atoms with Crippen LogP contribution in [-0.4, -0.2) is 12.0 Å². The van der Waals surface area contributed by atoms with Gasteiger partial charge in [-0.15, -0.1) is 0 Å². The molecule has 20 heavy (non-hydrogen) atoms. The van der Waals surface area contributed by atoms with Crippen molar-refractivity contribution in [2.24, 2.45) is 0 Å². The van der Waals surface area contributed by atoms with Crippen molar-refractivity contribution in [3.8, 4) is 6.07 Å². The summed E-state index contributed by atoms with van der Waals surface area (Å²) in [5.41, 5.74) is 6.01. The van der Waals surface area contributed by atoms with Crippen molar-refractivity contribution in [2.45, 2.75) is 27.7 Å². The van der Waals surface area contributed by atoms with Gasteiger partial charge in [-0.2, -0.15) is 5.26 Å². The Morgan fingerprint density at radius 2 is 1.75 bits per heavy atom. The van der Waals surface area contributed by atoms with Gasteiger partial charge < -0.3 is 4.90 Å². The first-order chi connectivity index (χ1) is 9.43. The second kappa shape index (κ2) is 5.34. The molecule has 0 aliphatic carbocycles. The van der Waals surface area contributed by atoms with Crippen LogP contribution in [0.25, 0.3) is 0 Å². The molecule has 1 aromatic carbocycles. The molecule has 0 N–H and O–H groups in total. The Balaban J connectivity index is 2.59. The Morgan fingerprint density at radius 1 is 1.05 bits per heavy atom. The quantitative estimate of drug-likeness (QED) is 0.825. The van der Waals surface area contributed by atoms with E-state index in [0.29, 0.717) is 5.56 Å². The minimum Gasteiger partial charge on any atom is -0.328 e. The Bertz CT molecular complexity index is 696. The molecule has 3 nitrogen and oxygen atoms in total. The highest BCUT2D eigenvalue weighted by Crippen LogP contribution is 2.29. The standard InChI is InChI=1S/C17H19N3/c1-11-6-7-16(13(3)8-11)20(5)17-15(10-18)12(2)9-14(4)19-17/h6-9H,1-5H3. The predicted molar refractivity (Wildman–Crippen MR) is 82.4 cm³/mol. The number of anilines is 2. The number of nitriles is 1. The van der Waals surface area contributed by atoms with Crippen LogP contribution >= 0.6 is 0 Å². The number of aryl methyl sites for hydroxylation is 4. The molecule has 1 aromatic heterocycles. The molecule has 0 radical (unpaired) electrons. The predicted octanol–water partition coefficient (Wildman–Crippen LogP) is 3.95. The summed E-state index contributed by atoms with van der Waals surface area (Å²) in [5, 5.41) is 9.38. The summed E-state index contributed by atoms with van der Waals surface area (Å²) in [5.74, 6) is 0.719. The van der Waals surface area contributed by atoms with E-state index >= 15 is 0 Å². The van der Waals surface area contributed by atoms with Gasteiger partial charge in [0, 0.05) is 18.4 Å². The van der Waals surface area contributed by atoms with E-state index in [1.54, 1.807) is 0 Å². The van der Waals surface area contributed by atoms with E-state index in [4.69, 9.17) is 0 Å². The highest BCUT2D eigenvalue weighted by atomic mass is 15.2. The third kappa shape index (κ3) is 2.50. The molecule has 0 saturated carbocycles. The summed E-state index contributed by atoms with van der Waals surface area (Å²) in [6, 6.07) is 10.5. The maximum Gasteiger partial charge on any atom is 0.151 e. The normalized spacial score (nSPS) is 10.2.